The summed E-state index contributed by atoms with van der Waals surface area (Å²) in [6.45, 7) is 7.04. The zero-order valence-electron chi connectivity index (χ0n) is 16.6. The fourth-order valence-corrected chi connectivity index (χ4v) is 3.99. The molecule has 0 bridgehead atoms. The number of hydrogen-bond donors (Lipinski definition) is 1. The highest BCUT2D eigenvalue weighted by Crippen LogP contribution is 2.24. The number of nitrogens with zero attached hydrogens (tertiary/aromatic N) is 2. The van der Waals surface area contributed by atoms with Gasteiger partial charge in [0.05, 0.1) is 5.56 Å². The van der Waals surface area contributed by atoms with Crippen molar-refractivity contribution in [1.29, 1.82) is 0 Å². The Morgan fingerprint density at radius 1 is 0.964 bits per heavy atom. The van der Waals surface area contributed by atoms with Gasteiger partial charge < -0.3 is 14.8 Å². The third-order valence-corrected chi connectivity index (χ3v) is 5.58. The van der Waals surface area contributed by atoms with Crippen LogP contribution in [0.3, 0.4) is 0 Å². The summed E-state index contributed by atoms with van der Waals surface area (Å²) < 4.78 is 2.20. The number of benzene rings is 2. The topological polar surface area (TPSA) is 37.3 Å². The Kier molecular flexibility index (Phi) is 5.20. The first-order valence-corrected chi connectivity index (χ1v) is 9.99. The fraction of sp³-hybridized carbons (Fsp3) is 0.292. The molecule has 0 aliphatic carbocycles. The Labute approximate surface area is 166 Å². The van der Waals surface area contributed by atoms with Gasteiger partial charge in [-0.3, -0.25) is 4.79 Å². The molecule has 1 aromatic heterocycles. The molecule has 0 unspecified atom stereocenters. The van der Waals surface area contributed by atoms with Crippen molar-refractivity contribution in [2.75, 3.05) is 23.3 Å². The van der Waals surface area contributed by atoms with Crippen molar-refractivity contribution < 1.29 is 4.79 Å². The average molecular weight is 374 g/mol. The van der Waals surface area contributed by atoms with Crippen LogP contribution in [0.4, 0.5) is 11.4 Å². The lowest BCUT2D eigenvalue weighted by Gasteiger charge is -2.18. The van der Waals surface area contributed by atoms with Crippen molar-refractivity contribution in [3.05, 3.63) is 83.2 Å². The first-order chi connectivity index (χ1) is 13.6. The van der Waals surface area contributed by atoms with E-state index in [4.69, 9.17) is 0 Å². The quantitative estimate of drug-likeness (QED) is 0.683. The highest BCUT2D eigenvalue weighted by Gasteiger charge is 2.17. The van der Waals surface area contributed by atoms with Crippen LogP contribution in [0.5, 0.6) is 0 Å². The molecule has 0 saturated carbocycles. The molecule has 144 valence electrons. The van der Waals surface area contributed by atoms with Gasteiger partial charge in [-0.2, -0.15) is 0 Å². The Bertz CT molecular complexity index is 969. The van der Waals surface area contributed by atoms with Gasteiger partial charge in [-0.25, -0.2) is 0 Å². The highest BCUT2D eigenvalue weighted by atomic mass is 16.1. The van der Waals surface area contributed by atoms with Gasteiger partial charge in [0, 0.05) is 42.4 Å². The third-order valence-electron chi connectivity index (χ3n) is 5.58. The molecular weight excluding hydrogens is 346 g/mol. The van der Waals surface area contributed by atoms with E-state index in [1.165, 1.54) is 24.1 Å². The monoisotopic (exact) mass is 373 g/mol. The summed E-state index contributed by atoms with van der Waals surface area (Å²) in [4.78, 5) is 15.3. The zero-order valence-corrected chi connectivity index (χ0v) is 16.6. The van der Waals surface area contributed by atoms with Gasteiger partial charge in [0.2, 0.25) is 0 Å². The van der Waals surface area contributed by atoms with Crippen molar-refractivity contribution in [3.8, 4) is 0 Å². The van der Waals surface area contributed by atoms with Gasteiger partial charge in [-0.15, -0.1) is 0 Å². The minimum atomic E-state index is -0.0500. The smallest absolute Gasteiger partial charge is 0.257 e. The standard InChI is InChI=1S/C24H27N3O/c1-18-15-23(19(2)27(18)17-20-9-4-3-5-10-20)24(28)25-21-11-8-12-22(16-21)26-13-6-7-14-26/h3-5,8-12,15-16H,6-7,13-14,17H2,1-2H3,(H,25,28). The van der Waals surface area contributed by atoms with Crippen LogP contribution in [0.1, 0.15) is 40.2 Å². The summed E-state index contributed by atoms with van der Waals surface area (Å²) in [5.74, 6) is -0.0500. The second-order valence-electron chi connectivity index (χ2n) is 7.56. The first kappa shape index (κ1) is 18.4. The molecule has 2 heterocycles. The summed E-state index contributed by atoms with van der Waals surface area (Å²) in [6, 6.07) is 20.5. The molecule has 4 heteroatoms. The van der Waals surface area contributed by atoms with Crippen LogP contribution >= 0.6 is 0 Å². The minimum Gasteiger partial charge on any atom is -0.371 e. The van der Waals surface area contributed by atoms with Crippen molar-refractivity contribution in [2.45, 2.75) is 33.2 Å². The summed E-state index contributed by atoms with van der Waals surface area (Å²) in [7, 11) is 0. The molecule has 1 fully saturated rings. The summed E-state index contributed by atoms with van der Waals surface area (Å²) in [6.07, 6.45) is 2.48. The SMILES string of the molecule is Cc1cc(C(=O)Nc2cccc(N3CCCC3)c2)c(C)n1Cc1ccccc1. The normalized spacial score (nSPS) is 13.7. The number of carbonyl (C=O) groups excluding carboxylic acids is 1. The van der Waals surface area contributed by atoms with E-state index in [9.17, 15) is 4.79 Å². The van der Waals surface area contributed by atoms with Crippen molar-refractivity contribution in [2.24, 2.45) is 0 Å². The Balaban J connectivity index is 1.52. The summed E-state index contributed by atoms with van der Waals surface area (Å²) in [5.41, 5.74) is 6.09. The van der Waals surface area contributed by atoms with E-state index in [0.29, 0.717) is 0 Å². The van der Waals surface area contributed by atoms with E-state index in [1.54, 1.807) is 0 Å². The number of hydrogen-bond acceptors (Lipinski definition) is 2. The van der Waals surface area contributed by atoms with E-state index in [2.05, 4.69) is 46.0 Å². The van der Waals surface area contributed by atoms with Crippen LogP contribution in [0.25, 0.3) is 0 Å². The van der Waals surface area contributed by atoms with Crippen molar-refractivity contribution in [1.82, 2.24) is 4.57 Å². The van der Waals surface area contributed by atoms with Crippen molar-refractivity contribution in [3.63, 3.8) is 0 Å². The second kappa shape index (κ2) is 7.93. The predicted molar refractivity (Wildman–Crippen MR) is 115 cm³/mol. The number of anilines is 2. The van der Waals surface area contributed by atoms with E-state index in [1.807, 2.05) is 43.3 Å². The van der Waals surface area contributed by atoms with Gasteiger partial charge in [0.1, 0.15) is 0 Å². The lowest BCUT2D eigenvalue weighted by atomic mass is 10.2. The predicted octanol–water partition coefficient (Wildman–Crippen LogP) is 5.01. The largest absolute Gasteiger partial charge is 0.371 e. The maximum atomic E-state index is 12.9. The van der Waals surface area contributed by atoms with Crippen LogP contribution in [0.15, 0.2) is 60.7 Å². The highest BCUT2D eigenvalue weighted by molar-refractivity contribution is 6.05. The van der Waals surface area contributed by atoms with E-state index >= 15 is 0 Å². The molecular formula is C24H27N3O. The maximum Gasteiger partial charge on any atom is 0.257 e. The second-order valence-corrected chi connectivity index (χ2v) is 7.56. The number of amides is 1. The number of aryl methyl sites for hydroxylation is 1. The molecule has 4 rings (SSSR count). The Morgan fingerprint density at radius 3 is 2.46 bits per heavy atom. The molecule has 2 aromatic carbocycles. The first-order valence-electron chi connectivity index (χ1n) is 9.99. The third kappa shape index (κ3) is 3.81. The van der Waals surface area contributed by atoms with Gasteiger partial charge in [0.25, 0.3) is 5.91 Å². The van der Waals surface area contributed by atoms with Gasteiger partial charge >= 0.3 is 0 Å². The molecule has 3 aromatic rings. The van der Waals surface area contributed by atoms with Crippen LogP contribution in [0.2, 0.25) is 0 Å². The molecule has 1 amide bonds. The van der Waals surface area contributed by atoms with Crippen LogP contribution in [0, 0.1) is 13.8 Å². The van der Waals surface area contributed by atoms with Crippen LogP contribution in [-0.4, -0.2) is 23.6 Å². The number of carbonyl (C=O) groups is 1. The average Bonchev–Trinajstić information content (AvgIpc) is 3.33. The fourth-order valence-electron chi connectivity index (χ4n) is 3.99. The molecule has 1 aliphatic heterocycles. The van der Waals surface area contributed by atoms with Crippen molar-refractivity contribution >= 4 is 17.3 Å². The lowest BCUT2D eigenvalue weighted by molar-refractivity contribution is 0.102. The van der Waals surface area contributed by atoms with E-state index < -0.39 is 0 Å². The minimum absolute atomic E-state index is 0.0500. The summed E-state index contributed by atoms with van der Waals surface area (Å²) in [5, 5.41) is 3.09. The molecule has 1 N–H and O–H groups in total. The summed E-state index contributed by atoms with van der Waals surface area (Å²) >= 11 is 0. The van der Waals surface area contributed by atoms with E-state index in [0.717, 1.165) is 42.3 Å². The van der Waals surface area contributed by atoms with Crippen LogP contribution < -0.4 is 10.2 Å². The molecule has 28 heavy (non-hydrogen) atoms. The molecule has 0 spiro atoms. The number of aromatic nitrogens is 1. The molecule has 0 radical (unpaired) electrons. The maximum absolute atomic E-state index is 12.9. The van der Waals surface area contributed by atoms with Crippen LogP contribution in [-0.2, 0) is 6.54 Å². The molecule has 1 aliphatic rings. The number of nitrogens with one attached hydrogen (secondary N) is 1. The van der Waals surface area contributed by atoms with Gasteiger partial charge in [-0.05, 0) is 56.5 Å². The zero-order chi connectivity index (χ0) is 19.5. The lowest BCUT2D eigenvalue weighted by Crippen LogP contribution is -2.18. The number of rotatable bonds is 5. The Morgan fingerprint density at radius 2 is 1.71 bits per heavy atom. The Hall–Kier alpha value is -3.01. The molecule has 1 saturated heterocycles. The molecule has 0 atom stereocenters. The van der Waals surface area contributed by atoms with Gasteiger partial charge in [0.15, 0.2) is 0 Å². The molecule has 4 nitrogen and oxygen atoms in total. The van der Waals surface area contributed by atoms with Gasteiger partial charge in [-0.1, -0.05) is 36.4 Å². The van der Waals surface area contributed by atoms with E-state index in [-0.39, 0.29) is 5.91 Å².